The molecule has 0 spiro atoms. The van der Waals surface area contributed by atoms with Gasteiger partial charge in [0.05, 0.1) is 0 Å². The third-order valence-corrected chi connectivity index (χ3v) is 29.3. The second-order valence-electron chi connectivity index (χ2n) is 12.4. The van der Waals surface area contributed by atoms with Crippen molar-refractivity contribution in [2.75, 3.05) is 12.3 Å². The van der Waals surface area contributed by atoms with Crippen LogP contribution in [0.25, 0.3) is 11.2 Å². The van der Waals surface area contributed by atoms with Gasteiger partial charge in [-0.2, -0.15) is 0 Å². The summed E-state index contributed by atoms with van der Waals surface area (Å²) in [5, 5.41) is 0.164. The summed E-state index contributed by atoms with van der Waals surface area (Å²) in [6.07, 6.45) is 13.3. The van der Waals surface area contributed by atoms with Gasteiger partial charge in [0.25, 0.3) is 0 Å². The van der Waals surface area contributed by atoms with Crippen molar-refractivity contribution in [2.45, 2.75) is 124 Å². The molecule has 37 heavy (non-hydrogen) atoms. The number of anilines is 1. The molecule has 1 aliphatic heterocycles. The fourth-order valence-corrected chi connectivity index (χ4v) is 23.5. The quantitative estimate of drug-likeness (QED) is 0.215. The maximum atomic E-state index is 6.90. The normalized spacial score (nSPS) is 19.1. The number of nitrogens with two attached hydrogens (primary N) is 1. The van der Waals surface area contributed by atoms with Crippen molar-refractivity contribution in [2.24, 2.45) is 0 Å². The standard InChI is InChI=1S/C16H24N5O2Si.3C4H9.Sn/c1-16(2,3)24(4,5)22-8-11-6-7-12(23-11)21-10-20-13-14(17)18-9-19-15(13)21;3*1-3-4-2;/h7,9-12H,8H2,1-5H3,(H2,17,18,19);3*1,3-4H2,2H3;/t11-,12+;;;;/m0..../s1. The minimum atomic E-state index is -2.76. The molecule has 3 heterocycles. The minimum absolute atomic E-state index is 0.0112. The van der Waals surface area contributed by atoms with E-state index in [2.05, 4.69) is 75.7 Å². The molecule has 1 aliphatic rings. The van der Waals surface area contributed by atoms with Crippen LogP contribution in [0.2, 0.25) is 31.4 Å². The summed E-state index contributed by atoms with van der Waals surface area (Å²) in [6, 6.07) is 0. The first-order valence-corrected chi connectivity index (χ1v) is 24.8. The van der Waals surface area contributed by atoms with Crippen molar-refractivity contribution in [1.29, 1.82) is 0 Å². The predicted octanol–water partition coefficient (Wildman–Crippen LogP) is 7.64. The second-order valence-corrected chi connectivity index (χ2v) is 30.4. The molecule has 7 nitrogen and oxygen atoms in total. The van der Waals surface area contributed by atoms with Crippen molar-refractivity contribution in [3.8, 4) is 0 Å². The molecular formula is C28H51N5O2SiSn. The van der Waals surface area contributed by atoms with Crippen LogP contribution in [0.4, 0.5) is 5.82 Å². The predicted molar refractivity (Wildman–Crippen MR) is 160 cm³/mol. The van der Waals surface area contributed by atoms with Crippen LogP contribution in [0.1, 0.15) is 86.3 Å². The van der Waals surface area contributed by atoms with E-state index in [-0.39, 0.29) is 17.4 Å². The van der Waals surface area contributed by atoms with Crippen molar-refractivity contribution in [1.82, 2.24) is 19.5 Å². The fraction of sp³-hybridized carbons (Fsp3) is 0.750. The molecule has 0 saturated heterocycles. The molecule has 0 saturated carbocycles. The van der Waals surface area contributed by atoms with Crippen molar-refractivity contribution >= 4 is 43.7 Å². The van der Waals surface area contributed by atoms with E-state index in [4.69, 9.17) is 14.9 Å². The summed E-state index contributed by atoms with van der Waals surface area (Å²) >= 11 is -2.76. The summed E-state index contributed by atoms with van der Waals surface area (Å²) < 4.78 is 21.6. The fourth-order valence-electron chi connectivity index (χ4n) is 5.25. The van der Waals surface area contributed by atoms with Gasteiger partial charge in [-0.25, -0.2) is 0 Å². The van der Waals surface area contributed by atoms with E-state index in [9.17, 15) is 0 Å². The number of hydrogen-bond acceptors (Lipinski definition) is 6. The van der Waals surface area contributed by atoms with Gasteiger partial charge in [0.1, 0.15) is 0 Å². The number of rotatable bonds is 14. The topological polar surface area (TPSA) is 88.1 Å². The number of hydrogen-bond donors (Lipinski definition) is 1. The molecule has 3 rings (SSSR count). The Morgan fingerprint density at radius 1 is 1.00 bits per heavy atom. The molecule has 2 aromatic heterocycles. The third-order valence-electron chi connectivity index (χ3n) is 8.67. The zero-order valence-corrected chi connectivity index (χ0v) is 28.5. The van der Waals surface area contributed by atoms with Gasteiger partial charge in [-0.1, -0.05) is 0 Å². The first kappa shape index (κ1) is 30.6. The molecule has 0 bridgehead atoms. The van der Waals surface area contributed by atoms with Gasteiger partial charge in [0.15, 0.2) is 0 Å². The van der Waals surface area contributed by atoms with Crippen LogP contribution >= 0.6 is 0 Å². The number of unbranched alkanes of at least 4 members (excludes halogenated alkanes) is 3. The van der Waals surface area contributed by atoms with E-state index < -0.39 is 26.7 Å². The third kappa shape index (κ3) is 6.97. The molecule has 208 valence electrons. The summed E-state index contributed by atoms with van der Waals surface area (Å²) in [5.41, 5.74) is 7.48. The van der Waals surface area contributed by atoms with Crippen molar-refractivity contribution < 1.29 is 9.16 Å². The summed E-state index contributed by atoms with van der Waals surface area (Å²) in [7, 11) is -1.92. The van der Waals surface area contributed by atoms with Gasteiger partial charge < -0.3 is 0 Å². The second kappa shape index (κ2) is 12.9. The zero-order valence-electron chi connectivity index (χ0n) is 24.6. The monoisotopic (exact) mass is 637 g/mol. The van der Waals surface area contributed by atoms with E-state index in [1.165, 1.54) is 58.2 Å². The van der Waals surface area contributed by atoms with Gasteiger partial charge >= 0.3 is 231 Å². The van der Waals surface area contributed by atoms with Crippen LogP contribution in [-0.4, -0.2) is 58.9 Å². The summed E-state index contributed by atoms with van der Waals surface area (Å²) in [6.45, 7) is 19.2. The van der Waals surface area contributed by atoms with Gasteiger partial charge in [0, 0.05) is 0 Å². The van der Waals surface area contributed by atoms with Gasteiger partial charge in [0.2, 0.25) is 0 Å². The van der Waals surface area contributed by atoms with Gasteiger partial charge in [-0.3, -0.25) is 0 Å². The van der Waals surface area contributed by atoms with E-state index >= 15 is 0 Å². The Hall–Kier alpha value is -0.974. The Kier molecular flexibility index (Phi) is 10.7. The molecule has 0 aliphatic carbocycles. The molecule has 2 N–H and O–H groups in total. The molecular weight excluding hydrogens is 585 g/mol. The Bertz CT molecular complexity index is 1030. The van der Waals surface area contributed by atoms with Crippen LogP contribution < -0.4 is 5.73 Å². The van der Waals surface area contributed by atoms with E-state index in [1.54, 1.807) is 3.59 Å². The van der Waals surface area contributed by atoms with E-state index in [1.807, 2.05) is 10.9 Å². The Balaban J connectivity index is 2.06. The number of aromatic nitrogens is 4. The number of fused-ring (bicyclic) bond motifs is 1. The van der Waals surface area contributed by atoms with Crippen molar-refractivity contribution in [3.05, 3.63) is 22.3 Å². The van der Waals surface area contributed by atoms with Crippen LogP contribution in [0, 0.1) is 0 Å². The van der Waals surface area contributed by atoms with Crippen LogP contribution in [0.5, 0.6) is 0 Å². The Morgan fingerprint density at radius 2 is 1.59 bits per heavy atom. The van der Waals surface area contributed by atoms with Gasteiger partial charge in [-0.15, -0.1) is 0 Å². The average Bonchev–Trinajstić information content (AvgIpc) is 3.47. The molecule has 2 atom stereocenters. The SMILES string of the molecule is CCC[CH2][Sn]([CH2]CCC)([CH2]CCC)[C]1=C[C@H](n2cnc3c(N)ncnc32)O[C@@H]1CO[Si](C)(C)C(C)(C)C. The molecule has 0 amide bonds. The van der Waals surface area contributed by atoms with E-state index in [0.717, 1.165) is 5.65 Å². The summed E-state index contributed by atoms with van der Waals surface area (Å²) in [4.78, 5) is 13.2. The number of imidazole rings is 1. The van der Waals surface area contributed by atoms with Crippen LogP contribution in [-0.2, 0) is 9.16 Å². The van der Waals surface area contributed by atoms with Crippen LogP contribution in [0.3, 0.4) is 0 Å². The number of nitrogens with zero attached hydrogens (tertiary/aromatic N) is 4. The Labute approximate surface area is 230 Å². The molecule has 0 fully saturated rings. The van der Waals surface area contributed by atoms with E-state index in [0.29, 0.717) is 17.9 Å². The number of ether oxygens (including phenoxy) is 1. The molecule has 0 aromatic carbocycles. The maximum absolute atomic E-state index is 6.90. The molecule has 0 unspecified atom stereocenters. The van der Waals surface area contributed by atoms with Crippen LogP contribution in [0.15, 0.2) is 22.3 Å². The molecule has 9 heteroatoms. The average molecular weight is 637 g/mol. The van der Waals surface area contributed by atoms with Gasteiger partial charge in [-0.05, 0) is 0 Å². The summed E-state index contributed by atoms with van der Waals surface area (Å²) in [5.74, 6) is 0.408. The molecule has 2 aromatic rings. The Morgan fingerprint density at radius 3 is 2.14 bits per heavy atom. The first-order chi connectivity index (χ1) is 17.5. The van der Waals surface area contributed by atoms with Crippen molar-refractivity contribution in [3.63, 3.8) is 0 Å². The first-order valence-electron chi connectivity index (χ1n) is 14.4. The number of nitrogen functional groups attached to an aromatic ring is 1. The zero-order chi connectivity index (χ0) is 27.3. The molecule has 0 radical (unpaired) electrons.